The Morgan fingerprint density at radius 2 is 2.00 bits per heavy atom. The number of aromatic nitrogens is 2. The highest BCUT2D eigenvalue weighted by molar-refractivity contribution is 7.86. The summed E-state index contributed by atoms with van der Waals surface area (Å²) in [5.74, 6) is 0.861. The molecule has 3 rings (SSSR count). The summed E-state index contributed by atoms with van der Waals surface area (Å²) in [4.78, 5) is 4.15. The Morgan fingerprint density at radius 1 is 1.27 bits per heavy atom. The van der Waals surface area contributed by atoms with Gasteiger partial charge in [-0.3, -0.25) is 0 Å². The van der Waals surface area contributed by atoms with Crippen LogP contribution in [-0.4, -0.2) is 60.4 Å². The van der Waals surface area contributed by atoms with Gasteiger partial charge in [-0.25, -0.2) is 4.98 Å². The molecule has 0 spiro atoms. The molecule has 7 nitrogen and oxygen atoms in total. The molecule has 1 aromatic heterocycles. The summed E-state index contributed by atoms with van der Waals surface area (Å²) >= 11 is 0. The Morgan fingerprint density at radius 3 is 2.68 bits per heavy atom. The lowest BCUT2D eigenvalue weighted by atomic mass is 10.1. The molecule has 1 fully saturated rings. The van der Waals surface area contributed by atoms with Crippen molar-refractivity contribution in [2.45, 2.75) is 25.9 Å². The van der Waals surface area contributed by atoms with Crippen molar-refractivity contribution in [2.24, 2.45) is 11.8 Å². The van der Waals surface area contributed by atoms with Crippen LogP contribution in [-0.2, 0) is 28.0 Å². The molecule has 2 heterocycles. The maximum atomic E-state index is 12.5. The smallest absolute Gasteiger partial charge is 0.281 e. The predicted molar refractivity (Wildman–Crippen MR) is 82.3 cm³/mol. The Bertz CT molecular complexity index is 609. The molecule has 0 saturated heterocycles. The highest BCUT2D eigenvalue weighted by Gasteiger charge is 2.31. The van der Waals surface area contributed by atoms with Gasteiger partial charge in [-0.1, -0.05) is 0 Å². The lowest BCUT2D eigenvalue weighted by Gasteiger charge is -2.26. The zero-order valence-corrected chi connectivity index (χ0v) is 14.0. The van der Waals surface area contributed by atoms with Crippen LogP contribution in [0.15, 0.2) is 12.5 Å². The van der Waals surface area contributed by atoms with Crippen molar-refractivity contribution >= 4 is 10.2 Å². The molecule has 22 heavy (non-hydrogen) atoms. The first kappa shape index (κ1) is 15.9. The van der Waals surface area contributed by atoms with Crippen LogP contribution in [0.25, 0.3) is 0 Å². The number of hydrogen-bond acceptors (Lipinski definition) is 4. The normalized spacial score (nSPS) is 23.5. The van der Waals surface area contributed by atoms with Gasteiger partial charge in [0.1, 0.15) is 0 Å². The van der Waals surface area contributed by atoms with Gasteiger partial charge in [0.05, 0.1) is 25.2 Å². The van der Waals surface area contributed by atoms with Crippen LogP contribution in [0.1, 0.15) is 18.5 Å². The first-order valence-electron chi connectivity index (χ1n) is 7.71. The highest BCUT2D eigenvalue weighted by Crippen LogP contribution is 2.29. The van der Waals surface area contributed by atoms with E-state index >= 15 is 0 Å². The molecule has 8 heteroatoms. The first-order chi connectivity index (χ1) is 10.5. The van der Waals surface area contributed by atoms with Crippen LogP contribution in [0.4, 0.5) is 0 Å². The summed E-state index contributed by atoms with van der Waals surface area (Å²) in [5, 5.41) is 0. The third kappa shape index (κ3) is 3.51. The molecule has 0 amide bonds. The number of rotatable bonds is 6. The van der Waals surface area contributed by atoms with Gasteiger partial charge in [0.2, 0.25) is 0 Å². The molecule has 2 aliphatic rings. The summed E-state index contributed by atoms with van der Waals surface area (Å²) in [7, 11) is -0.305. The third-order valence-electron chi connectivity index (χ3n) is 4.25. The van der Waals surface area contributed by atoms with E-state index < -0.39 is 10.2 Å². The fourth-order valence-electron chi connectivity index (χ4n) is 2.71. The summed E-state index contributed by atoms with van der Waals surface area (Å²) in [6, 6.07) is 0. The topological polar surface area (TPSA) is 67.7 Å². The Labute approximate surface area is 132 Å². The molecule has 1 aliphatic heterocycles. The first-order valence-corrected chi connectivity index (χ1v) is 9.11. The van der Waals surface area contributed by atoms with Gasteiger partial charge < -0.3 is 9.30 Å². The maximum Gasteiger partial charge on any atom is 0.281 e. The second kappa shape index (κ2) is 6.27. The van der Waals surface area contributed by atoms with E-state index in [4.69, 9.17) is 4.74 Å². The van der Waals surface area contributed by atoms with E-state index in [1.54, 1.807) is 26.6 Å². The number of ether oxygens (including phenoxy) is 1. The Kier molecular flexibility index (Phi) is 4.54. The molecule has 124 valence electrons. The largest absolute Gasteiger partial charge is 0.381 e. The molecule has 0 aromatic carbocycles. The average molecular weight is 328 g/mol. The van der Waals surface area contributed by atoms with Crippen molar-refractivity contribution in [3.8, 4) is 0 Å². The van der Waals surface area contributed by atoms with Gasteiger partial charge >= 0.3 is 0 Å². The van der Waals surface area contributed by atoms with E-state index in [1.165, 1.54) is 21.5 Å². The lowest BCUT2D eigenvalue weighted by Crippen LogP contribution is -2.42. The highest BCUT2D eigenvalue weighted by atomic mass is 32.2. The molecular formula is C14H24N4O3S. The van der Waals surface area contributed by atoms with E-state index in [-0.39, 0.29) is 5.92 Å². The number of nitrogens with zero attached hydrogens (tertiary/aromatic N) is 4. The van der Waals surface area contributed by atoms with Gasteiger partial charge in [-0.05, 0) is 18.8 Å². The monoisotopic (exact) mass is 328 g/mol. The van der Waals surface area contributed by atoms with Crippen LogP contribution < -0.4 is 0 Å². The molecule has 0 bridgehead atoms. The summed E-state index contributed by atoms with van der Waals surface area (Å²) < 4.78 is 35.6. The van der Waals surface area contributed by atoms with Crippen molar-refractivity contribution in [3.63, 3.8) is 0 Å². The maximum absolute atomic E-state index is 12.5. The van der Waals surface area contributed by atoms with Crippen LogP contribution in [0.5, 0.6) is 0 Å². The minimum atomic E-state index is -3.44. The summed E-state index contributed by atoms with van der Waals surface area (Å²) in [6.07, 6.45) is 6.04. The molecule has 0 N–H and O–H groups in total. The van der Waals surface area contributed by atoms with Crippen LogP contribution >= 0.6 is 0 Å². The summed E-state index contributed by atoms with van der Waals surface area (Å²) in [5.41, 5.74) is 0.926. The second-order valence-corrected chi connectivity index (χ2v) is 8.61. The van der Waals surface area contributed by atoms with E-state index in [9.17, 15) is 8.42 Å². The Hall–Kier alpha value is -0.960. The van der Waals surface area contributed by atoms with E-state index in [1.807, 2.05) is 4.57 Å². The van der Waals surface area contributed by atoms with Crippen molar-refractivity contribution in [3.05, 3.63) is 18.2 Å². The number of fused-ring (bicyclic) bond motifs is 1. The molecule has 1 aromatic rings. The van der Waals surface area contributed by atoms with Crippen molar-refractivity contribution in [1.82, 2.24) is 18.2 Å². The lowest BCUT2D eigenvalue weighted by molar-refractivity contribution is 0.0803. The molecular weight excluding hydrogens is 304 g/mol. The molecule has 0 radical (unpaired) electrons. The molecule has 1 aliphatic carbocycles. The minimum absolute atomic E-state index is 0.143. The van der Waals surface area contributed by atoms with Crippen molar-refractivity contribution in [2.75, 3.05) is 33.9 Å². The van der Waals surface area contributed by atoms with Gasteiger partial charge in [0.25, 0.3) is 10.2 Å². The molecule has 1 unspecified atom stereocenters. The predicted octanol–water partition coefficient (Wildman–Crippen LogP) is 0.548. The number of hydrogen-bond donors (Lipinski definition) is 0. The van der Waals surface area contributed by atoms with Crippen LogP contribution in [0, 0.1) is 11.8 Å². The van der Waals surface area contributed by atoms with Crippen LogP contribution in [0.2, 0.25) is 0 Å². The quantitative estimate of drug-likeness (QED) is 0.765. The van der Waals surface area contributed by atoms with Gasteiger partial charge in [0.15, 0.2) is 0 Å². The van der Waals surface area contributed by atoms with Crippen molar-refractivity contribution in [1.29, 1.82) is 0 Å². The third-order valence-corrected chi connectivity index (χ3v) is 6.10. The summed E-state index contributed by atoms with van der Waals surface area (Å²) in [6.45, 7) is 2.98. The van der Waals surface area contributed by atoms with Gasteiger partial charge in [0, 0.05) is 45.9 Å². The molecule has 1 atom stereocenters. The average Bonchev–Trinajstić information content (AvgIpc) is 3.21. The van der Waals surface area contributed by atoms with Crippen molar-refractivity contribution < 1.29 is 13.2 Å². The fourth-order valence-corrected chi connectivity index (χ4v) is 3.87. The molecule has 1 saturated carbocycles. The van der Waals surface area contributed by atoms with E-state index in [0.717, 1.165) is 24.8 Å². The zero-order valence-electron chi connectivity index (χ0n) is 13.2. The van der Waals surface area contributed by atoms with Crippen LogP contribution in [0.3, 0.4) is 0 Å². The standard InChI is InChI=1S/C14H24N4O3S/c1-16(2)22(19,20)18-7-13(10-21-9-12-3-4-12)6-17-11-15-5-14(17)8-18/h5,11-13H,3-4,6-10H2,1-2H3. The fraction of sp³-hybridized carbons (Fsp3) is 0.786. The zero-order chi connectivity index (χ0) is 15.7. The van der Waals surface area contributed by atoms with Gasteiger partial charge in [-0.15, -0.1) is 0 Å². The Balaban J connectivity index is 1.73. The van der Waals surface area contributed by atoms with E-state index in [2.05, 4.69) is 4.98 Å². The van der Waals surface area contributed by atoms with E-state index in [0.29, 0.717) is 19.7 Å². The SMILES string of the molecule is CN(C)S(=O)(=O)N1Cc2cncn2CC(COCC2CC2)C1. The number of imidazole rings is 1. The second-order valence-electron chi connectivity index (χ2n) is 6.47. The minimum Gasteiger partial charge on any atom is -0.381 e. The van der Waals surface area contributed by atoms with Gasteiger partial charge in [-0.2, -0.15) is 17.0 Å².